The maximum Gasteiger partial charge on any atom is 0.253 e. The molecule has 0 spiro atoms. The lowest BCUT2D eigenvalue weighted by Crippen LogP contribution is -2.18. The highest BCUT2D eigenvalue weighted by molar-refractivity contribution is 7.98. The molecule has 0 aliphatic carbocycles. The minimum atomic E-state index is -0.634. The van der Waals surface area contributed by atoms with Gasteiger partial charge < -0.3 is 9.30 Å². The number of halogens is 2. The molecular formula is C21H19F2NO2S. The van der Waals surface area contributed by atoms with Crippen molar-refractivity contribution in [3.63, 3.8) is 0 Å². The molecule has 0 fully saturated rings. The molecule has 0 saturated heterocycles. The zero-order valence-electron chi connectivity index (χ0n) is 15.3. The maximum atomic E-state index is 13.8. The molecule has 1 heterocycles. The SMILES string of the molecule is CSc1cc(OCc2ccc(F)cc2F)cc(-c2cc(C)c(=O)n(C)c2)c1. The van der Waals surface area contributed by atoms with Crippen molar-refractivity contribution in [2.75, 3.05) is 6.26 Å². The molecular weight excluding hydrogens is 368 g/mol. The Kier molecular flexibility index (Phi) is 5.65. The lowest BCUT2D eigenvalue weighted by Gasteiger charge is -2.12. The van der Waals surface area contributed by atoms with E-state index in [1.54, 1.807) is 36.5 Å². The molecule has 27 heavy (non-hydrogen) atoms. The second kappa shape index (κ2) is 7.96. The van der Waals surface area contributed by atoms with Crippen LogP contribution in [0.3, 0.4) is 0 Å². The molecule has 140 valence electrons. The Labute approximate surface area is 160 Å². The molecule has 0 atom stereocenters. The van der Waals surface area contributed by atoms with E-state index in [2.05, 4.69) is 0 Å². The number of hydrogen-bond donors (Lipinski definition) is 0. The first kappa shape index (κ1) is 19.2. The topological polar surface area (TPSA) is 31.2 Å². The summed E-state index contributed by atoms with van der Waals surface area (Å²) in [6.45, 7) is 1.77. The smallest absolute Gasteiger partial charge is 0.253 e. The van der Waals surface area contributed by atoms with Crippen LogP contribution in [0, 0.1) is 18.6 Å². The highest BCUT2D eigenvalue weighted by Crippen LogP contribution is 2.30. The van der Waals surface area contributed by atoms with E-state index in [0.717, 1.165) is 22.1 Å². The summed E-state index contributed by atoms with van der Waals surface area (Å²) in [6.07, 6.45) is 3.73. The number of benzene rings is 2. The third-order valence-electron chi connectivity index (χ3n) is 4.22. The van der Waals surface area contributed by atoms with Crippen molar-refractivity contribution in [1.82, 2.24) is 4.57 Å². The quantitative estimate of drug-likeness (QED) is 0.581. The van der Waals surface area contributed by atoms with Gasteiger partial charge in [-0.2, -0.15) is 0 Å². The molecule has 1 aromatic heterocycles. The van der Waals surface area contributed by atoms with Crippen molar-refractivity contribution in [3.8, 4) is 16.9 Å². The van der Waals surface area contributed by atoms with E-state index in [4.69, 9.17) is 4.74 Å². The monoisotopic (exact) mass is 387 g/mol. The molecule has 0 saturated carbocycles. The standard InChI is InChI=1S/C21H19F2NO2S/c1-13-6-16(11-24(2)21(13)25)15-7-18(10-19(8-15)27-3)26-12-14-4-5-17(22)9-20(14)23/h4-11H,12H2,1-3H3. The zero-order chi connectivity index (χ0) is 19.6. The van der Waals surface area contributed by atoms with Gasteiger partial charge in [-0.05, 0) is 60.7 Å². The van der Waals surface area contributed by atoms with Crippen molar-refractivity contribution >= 4 is 11.8 Å². The van der Waals surface area contributed by atoms with Gasteiger partial charge >= 0.3 is 0 Å². The molecule has 0 aliphatic rings. The predicted octanol–water partition coefficient (Wildman–Crippen LogP) is 4.94. The van der Waals surface area contributed by atoms with Gasteiger partial charge in [-0.15, -0.1) is 11.8 Å². The predicted molar refractivity (Wildman–Crippen MR) is 104 cm³/mol. The van der Waals surface area contributed by atoms with Crippen LogP contribution >= 0.6 is 11.8 Å². The van der Waals surface area contributed by atoms with E-state index >= 15 is 0 Å². The Morgan fingerprint density at radius 1 is 1.07 bits per heavy atom. The van der Waals surface area contributed by atoms with Crippen molar-refractivity contribution in [2.24, 2.45) is 7.05 Å². The highest BCUT2D eigenvalue weighted by Gasteiger charge is 2.09. The van der Waals surface area contributed by atoms with E-state index in [1.165, 1.54) is 12.1 Å². The van der Waals surface area contributed by atoms with E-state index in [-0.39, 0.29) is 17.7 Å². The second-order valence-electron chi connectivity index (χ2n) is 6.25. The molecule has 3 aromatic rings. The molecule has 0 radical (unpaired) electrons. The van der Waals surface area contributed by atoms with Crippen LogP contribution in [-0.2, 0) is 13.7 Å². The van der Waals surface area contributed by atoms with Gasteiger partial charge in [0.25, 0.3) is 5.56 Å². The molecule has 6 heteroatoms. The van der Waals surface area contributed by atoms with Crippen molar-refractivity contribution in [2.45, 2.75) is 18.4 Å². The van der Waals surface area contributed by atoms with Crippen LogP contribution in [0.25, 0.3) is 11.1 Å². The lowest BCUT2D eigenvalue weighted by atomic mass is 10.1. The average molecular weight is 387 g/mol. The minimum absolute atomic E-state index is 0.00427. The van der Waals surface area contributed by atoms with E-state index in [9.17, 15) is 13.6 Å². The summed E-state index contributed by atoms with van der Waals surface area (Å²) >= 11 is 1.56. The Bertz CT molecular complexity index is 1020. The first-order chi connectivity index (χ1) is 12.9. The number of hydrogen-bond acceptors (Lipinski definition) is 3. The van der Waals surface area contributed by atoms with Crippen LogP contribution in [0.4, 0.5) is 8.78 Å². The van der Waals surface area contributed by atoms with Crippen LogP contribution < -0.4 is 10.3 Å². The van der Waals surface area contributed by atoms with E-state index < -0.39 is 11.6 Å². The molecule has 0 unspecified atom stereocenters. The number of nitrogens with zero attached hydrogens (tertiary/aromatic N) is 1. The molecule has 0 aliphatic heterocycles. The largest absolute Gasteiger partial charge is 0.489 e. The van der Waals surface area contributed by atoms with Gasteiger partial charge in [0.05, 0.1) is 0 Å². The van der Waals surface area contributed by atoms with Crippen LogP contribution in [0.5, 0.6) is 5.75 Å². The summed E-state index contributed by atoms with van der Waals surface area (Å²) in [5.74, 6) is -0.676. The number of thioether (sulfide) groups is 1. The zero-order valence-corrected chi connectivity index (χ0v) is 16.1. The summed E-state index contributed by atoms with van der Waals surface area (Å²) < 4.78 is 34.2. The fourth-order valence-electron chi connectivity index (χ4n) is 2.77. The molecule has 0 N–H and O–H groups in total. The Morgan fingerprint density at radius 2 is 1.85 bits per heavy atom. The van der Waals surface area contributed by atoms with Gasteiger partial charge in [0.15, 0.2) is 0 Å². The van der Waals surface area contributed by atoms with E-state index in [1.807, 2.05) is 30.5 Å². The van der Waals surface area contributed by atoms with Crippen molar-refractivity contribution < 1.29 is 13.5 Å². The molecule has 3 nitrogen and oxygen atoms in total. The number of pyridine rings is 1. The number of rotatable bonds is 5. The normalized spacial score (nSPS) is 10.9. The summed E-state index contributed by atoms with van der Waals surface area (Å²) in [4.78, 5) is 12.9. The summed E-state index contributed by atoms with van der Waals surface area (Å²) in [5, 5.41) is 0. The van der Waals surface area contributed by atoms with Gasteiger partial charge in [0.1, 0.15) is 24.0 Å². The third kappa shape index (κ3) is 4.39. The fraction of sp³-hybridized carbons (Fsp3) is 0.190. The number of ether oxygens (including phenoxy) is 1. The van der Waals surface area contributed by atoms with Gasteiger partial charge in [0, 0.05) is 35.3 Å². The maximum absolute atomic E-state index is 13.8. The molecule has 2 aromatic carbocycles. The van der Waals surface area contributed by atoms with Crippen LogP contribution in [0.15, 0.2) is 58.4 Å². The van der Waals surface area contributed by atoms with Gasteiger partial charge in [-0.1, -0.05) is 0 Å². The first-order valence-corrected chi connectivity index (χ1v) is 9.53. The second-order valence-corrected chi connectivity index (χ2v) is 7.13. The number of aromatic nitrogens is 1. The highest BCUT2D eigenvalue weighted by atomic mass is 32.2. The third-order valence-corrected chi connectivity index (χ3v) is 4.93. The molecule has 3 rings (SSSR count). The lowest BCUT2D eigenvalue weighted by molar-refractivity contribution is 0.299. The molecule has 0 amide bonds. The molecule has 0 bridgehead atoms. The van der Waals surface area contributed by atoms with Crippen LogP contribution in [0.1, 0.15) is 11.1 Å². The summed E-state index contributed by atoms with van der Waals surface area (Å²) in [5.41, 5.74) is 2.69. The van der Waals surface area contributed by atoms with Gasteiger partial charge in [-0.3, -0.25) is 4.79 Å². The average Bonchev–Trinajstić information content (AvgIpc) is 2.64. The Hall–Kier alpha value is -2.60. The fourth-order valence-corrected chi connectivity index (χ4v) is 3.25. The van der Waals surface area contributed by atoms with Gasteiger partial charge in [0.2, 0.25) is 0 Å². The van der Waals surface area contributed by atoms with Gasteiger partial charge in [-0.25, -0.2) is 8.78 Å². The van der Waals surface area contributed by atoms with Crippen LogP contribution in [-0.4, -0.2) is 10.8 Å². The van der Waals surface area contributed by atoms with Crippen molar-refractivity contribution in [3.05, 3.63) is 81.8 Å². The van der Waals surface area contributed by atoms with Crippen molar-refractivity contribution in [1.29, 1.82) is 0 Å². The van der Waals surface area contributed by atoms with Crippen LogP contribution in [0.2, 0.25) is 0 Å². The Morgan fingerprint density at radius 3 is 2.52 bits per heavy atom. The summed E-state index contributed by atoms with van der Waals surface area (Å²) in [6, 6.07) is 11.0. The number of aryl methyl sites for hydroxylation is 2. The van der Waals surface area contributed by atoms with E-state index in [0.29, 0.717) is 11.3 Å². The minimum Gasteiger partial charge on any atom is -0.489 e. The first-order valence-electron chi connectivity index (χ1n) is 8.31. The summed E-state index contributed by atoms with van der Waals surface area (Å²) in [7, 11) is 1.71. The Balaban J connectivity index is 1.93.